The molecule has 33 heavy (non-hydrogen) atoms. The molecule has 1 fully saturated rings. The fraction of sp³-hybridized carbons (Fsp3) is 0.462. The molecule has 5 nitrogen and oxygen atoms in total. The Labute approximate surface area is 200 Å². The average molecular weight is 474 g/mol. The van der Waals surface area contributed by atoms with Gasteiger partial charge in [-0.05, 0) is 37.5 Å². The van der Waals surface area contributed by atoms with Gasteiger partial charge in [-0.2, -0.15) is 0 Å². The van der Waals surface area contributed by atoms with Crippen LogP contribution in [0, 0.1) is 5.82 Å². The van der Waals surface area contributed by atoms with E-state index in [2.05, 4.69) is 31.1 Å². The number of carbonyl (C=O) groups excluding carboxylic acids is 1. The molecular formula is C26H33ClFN3O2. The number of halogens is 2. The van der Waals surface area contributed by atoms with Gasteiger partial charge in [0, 0.05) is 36.8 Å². The van der Waals surface area contributed by atoms with Crippen LogP contribution in [-0.2, 0) is 5.41 Å². The van der Waals surface area contributed by atoms with Crippen molar-refractivity contribution < 1.29 is 13.6 Å². The summed E-state index contributed by atoms with van der Waals surface area (Å²) in [6, 6.07) is 8.23. The van der Waals surface area contributed by atoms with E-state index in [1.54, 1.807) is 12.1 Å². The van der Waals surface area contributed by atoms with Crippen molar-refractivity contribution in [2.45, 2.75) is 59.4 Å². The molecule has 1 aromatic carbocycles. The monoisotopic (exact) mass is 473 g/mol. The molecule has 0 saturated carbocycles. The summed E-state index contributed by atoms with van der Waals surface area (Å²) in [7, 11) is 0. The highest BCUT2D eigenvalue weighted by atomic mass is 35.5. The van der Waals surface area contributed by atoms with Crippen molar-refractivity contribution in [3.8, 4) is 11.3 Å². The number of hydrogen-bond acceptors (Lipinski definition) is 4. The number of nitrogens with zero attached hydrogens (tertiary/aromatic N) is 2. The van der Waals surface area contributed by atoms with Gasteiger partial charge in [0.05, 0.1) is 16.3 Å². The second-order valence-corrected chi connectivity index (χ2v) is 10.1. The van der Waals surface area contributed by atoms with Crippen LogP contribution in [-0.4, -0.2) is 41.0 Å². The summed E-state index contributed by atoms with van der Waals surface area (Å²) in [5.41, 5.74) is 2.70. The van der Waals surface area contributed by atoms with Gasteiger partial charge >= 0.3 is 0 Å². The van der Waals surface area contributed by atoms with Gasteiger partial charge in [-0.3, -0.25) is 4.79 Å². The molecule has 1 saturated heterocycles. The summed E-state index contributed by atoms with van der Waals surface area (Å²) in [4.78, 5) is 19.8. The van der Waals surface area contributed by atoms with Crippen LogP contribution in [0.2, 0.25) is 5.02 Å². The summed E-state index contributed by atoms with van der Waals surface area (Å²) < 4.78 is 20.2. The van der Waals surface area contributed by atoms with Crippen molar-refractivity contribution in [1.29, 1.82) is 0 Å². The van der Waals surface area contributed by atoms with Crippen LogP contribution in [0.4, 0.5) is 4.39 Å². The van der Waals surface area contributed by atoms with E-state index in [1.165, 1.54) is 12.1 Å². The number of piperazine rings is 1. The zero-order chi connectivity index (χ0) is 24.6. The Morgan fingerprint density at radius 1 is 1.21 bits per heavy atom. The molecule has 3 heterocycles. The van der Waals surface area contributed by atoms with Crippen molar-refractivity contribution in [3.63, 3.8) is 0 Å². The van der Waals surface area contributed by atoms with E-state index >= 15 is 0 Å². The molecule has 1 aliphatic heterocycles. The first-order chi connectivity index (χ1) is 15.5. The predicted molar refractivity (Wildman–Crippen MR) is 132 cm³/mol. The van der Waals surface area contributed by atoms with Crippen molar-refractivity contribution in [1.82, 2.24) is 15.2 Å². The van der Waals surface area contributed by atoms with E-state index < -0.39 is 5.82 Å². The number of hydrogen-bond donors (Lipinski definition) is 1. The van der Waals surface area contributed by atoms with E-state index in [9.17, 15) is 9.18 Å². The van der Waals surface area contributed by atoms with E-state index in [-0.39, 0.29) is 27.6 Å². The number of furan rings is 1. The molecule has 0 spiro atoms. The van der Waals surface area contributed by atoms with Crippen LogP contribution >= 0.6 is 11.6 Å². The zero-order valence-electron chi connectivity index (χ0n) is 20.5. The Morgan fingerprint density at radius 3 is 2.52 bits per heavy atom. The number of aromatic nitrogens is 1. The van der Waals surface area contributed by atoms with Gasteiger partial charge in [0.15, 0.2) is 11.3 Å². The second-order valence-electron chi connectivity index (χ2n) is 9.70. The molecule has 2 aromatic heterocycles. The van der Waals surface area contributed by atoms with E-state index in [0.29, 0.717) is 28.9 Å². The van der Waals surface area contributed by atoms with Gasteiger partial charge in [-0.15, -0.1) is 0 Å². The van der Waals surface area contributed by atoms with E-state index in [4.69, 9.17) is 16.0 Å². The fourth-order valence-electron chi connectivity index (χ4n) is 3.98. The van der Waals surface area contributed by atoms with Gasteiger partial charge in [-0.1, -0.05) is 52.3 Å². The van der Waals surface area contributed by atoms with Crippen LogP contribution in [0.1, 0.15) is 64.6 Å². The number of pyridine rings is 1. The number of benzene rings is 1. The van der Waals surface area contributed by atoms with Crippen molar-refractivity contribution in [2.24, 2.45) is 0 Å². The molecule has 4 rings (SSSR count). The maximum atomic E-state index is 14.1. The molecule has 3 aromatic rings. The zero-order valence-corrected chi connectivity index (χ0v) is 21.2. The topological polar surface area (TPSA) is 58.4 Å². The summed E-state index contributed by atoms with van der Waals surface area (Å²) >= 11 is 5.85. The number of carbonyl (C=O) groups is 1. The fourth-order valence-corrected chi connectivity index (χ4v) is 4.10. The van der Waals surface area contributed by atoms with Crippen LogP contribution < -0.4 is 5.32 Å². The molecule has 0 aliphatic carbocycles. The average Bonchev–Trinajstić information content (AvgIpc) is 3.19. The lowest BCUT2D eigenvalue weighted by Gasteiger charge is -2.42. The van der Waals surface area contributed by atoms with Gasteiger partial charge < -0.3 is 14.6 Å². The number of amides is 1. The highest BCUT2D eigenvalue weighted by molar-refractivity contribution is 6.30. The standard InChI is InChI=1S/C24H27ClFN3O2.C2H6/c1-23(2,3)15-11-18(14-6-7-16(25)17(26)10-14)28-19-12-20(31-21(15)19)22(30)29-9-8-27-13-24(29,4)5;1-2/h6-7,10-12,27H,8-9,13H2,1-5H3;1-2H3. The highest BCUT2D eigenvalue weighted by Crippen LogP contribution is 2.35. The lowest BCUT2D eigenvalue weighted by atomic mass is 9.86. The van der Waals surface area contributed by atoms with Gasteiger partial charge in [-0.25, -0.2) is 9.37 Å². The SMILES string of the molecule is CC.CC(C)(C)c1cc(-c2ccc(Cl)c(F)c2)nc2cc(C(=O)N3CCNCC3(C)C)oc12. The maximum absolute atomic E-state index is 14.1. The molecule has 0 radical (unpaired) electrons. The molecule has 0 atom stereocenters. The summed E-state index contributed by atoms with van der Waals surface area (Å²) in [5, 5.41) is 3.39. The molecule has 7 heteroatoms. The molecule has 0 bridgehead atoms. The summed E-state index contributed by atoms with van der Waals surface area (Å²) in [6.45, 7) is 16.3. The quantitative estimate of drug-likeness (QED) is 0.465. The van der Waals surface area contributed by atoms with Crippen LogP contribution in [0.25, 0.3) is 22.4 Å². The first-order valence-electron chi connectivity index (χ1n) is 11.4. The van der Waals surface area contributed by atoms with Crippen LogP contribution in [0.5, 0.6) is 0 Å². The highest BCUT2D eigenvalue weighted by Gasteiger charge is 2.35. The second kappa shape index (κ2) is 9.43. The normalized spacial score (nSPS) is 15.8. The van der Waals surface area contributed by atoms with Gasteiger partial charge in [0.2, 0.25) is 0 Å². The van der Waals surface area contributed by atoms with Crippen LogP contribution in [0.3, 0.4) is 0 Å². The van der Waals surface area contributed by atoms with Gasteiger partial charge in [0.25, 0.3) is 5.91 Å². The maximum Gasteiger partial charge on any atom is 0.290 e. The molecule has 1 aliphatic rings. The third-order valence-electron chi connectivity index (χ3n) is 5.76. The lowest BCUT2D eigenvalue weighted by Crippen LogP contribution is -2.59. The third kappa shape index (κ3) is 5.07. The Morgan fingerprint density at radius 2 is 1.91 bits per heavy atom. The number of fused-ring (bicyclic) bond motifs is 1. The Bertz CT molecular complexity index is 1160. The minimum atomic E-state index is -0.498. The molecule has 1 amide bonds. The summed E-state index contributed by atoms with van der Waals surface area (Å²) in [5.74, 6) is -0.381. The van der Waals surface area contributed by atoms with Crippen molar-refractivity contribution >= 4 is 28.6 Å². The minimum Gasteiger partial charge on any atom is -0.449 e. The molecule has 1 N–H and O–H groups in total. The smallest absolute Gasteiger partial charge is 0.290 e. The largest absolute Gasteiger partial charge is 0.449 e. The first-order valence-corrected chi connectivity index (χ1v) is 11.8. The first kappa shape index (κ1) is 25.2. The third-order valence-corrected chi connectivity index (χ3v) is 6.07. The minimum absolute atomic E-state index is 0.0655. The molecular weight excluding hydrogens is 441 g/mol. The van der Waals surface area contributed by atoms with E-state index in [1.807, 2.05) is 38.7 Å². The Kier molecular flexibility index (Phi) is 7.20. The number of nitrogens with one attached hydrogen (secondary N) is 1. The predicted octanol–water partition coefficient (Wildman–Crippen LogP) is 6.44. The molecule has 178 valence electrons. The van der Waals surface area contributed by atoms with E-state index in [0.717, 1.165) is 18.7 Å². The Hall–Kier alpha value is -2.44. The van der Waals surface area contributed by atoms with Crippen LogP contribution in [0.15, 0.2) is 34.7 Å². The van der Waals surface area contributed by atoms with Crippen molar-refractivity contribution in [3.05, 3.63) is 52.5 Å². The molecule has 0 unspecified atom stereocenters. The van der Waals surface area contributed by atoms with Crippen molar-refractivity contribution in [2.75, 3.05) is 19.6 Å². The summed E-state index contributed by atoms with van der Waals surface area (Å²) in [6.07, 6.45) is 0. The Balaban J connectivity index is 0.00000149. The lowest BCUT2D eigenvalue weighted by molar-refractivity contribution is 0.0448. The number of rotatable bonds is 2. The van der Waals surface area contributed by atoms with Gasteiger partial charge in [0.1, 0.15) is 11.3 Å².